The first-order valence-electron chi connectivity index (χ1n) is 6.64. The number of phenols is 1. The van der Waals surface area contributed by atoms with Gasteiger partial charge in [-0.1, -0.05) is 6.07 Å². The second-order valence-corrected chi connectivity index (χ2v) is 4.91. The van der Waals surface area contributed by atoms with E-state index in [0.29, 0.717) is 10.9 Å². The van der Waals surface area contributed by atoms with Crippen LogP contribution in [0.3, 0.4) is 0 Å². The summed E-state index contributed by atoms with van der Waals surface area (Å²) in [6.45, 7) is 5.86. The first kappa shape index (κ1) is 14.4. The van der Waals surface area contributed by atoms with Gasteiger partial charge in [-0.25, -0.2) is 4.79 Å². The number of aliphatic hydroxyl groups excluding tert-OH is 1. The Bertz CT molecular complexity index is 630. The molecule has 1 unspecified atom stereocenters. The van der Waals surface area contributed by atoms with Gasteiger partial charge in [-0.2, -0.15) is 0 Å². The van der Waals surface area contributed by atoms with Crippen molar-refractivity contribution < 1.29 is 19.7 Å². The van der Waals surface area contributed by atoms with E-state index in [1.165, 1.54) is 6.07 Å². The molecule has 0 aliphatic heterocycles. The third-order valence-electron chi connectivity index (χ3n) is 3.23. The van der Waals surface area contributed by atoms with Crippen LogP contribution in [0, 0.1) is 0 Å². The van der Waals surface area contributed by atoms with Crippen molar-refractivity contribution in [2.75, 3.05) is 6.61 Å². The van der Waals surface area contributed by atoms with Gasteiger partial charge < -0.3 is 19.5 Å². The largest absolute Gasteiger partial charge is 0.507 e. The number of phenolic OH excluding ortho intramolecular Hbond substituents is 1. The second-order valence-electron chi connectivity index (χ2n) is 4.91. The maximum Gasteiger partial charge on any atom is 0.339 e. The molecule has 1 aromatic heterocycles. The highest BCUT2D eigenvalue weighted by molar-refractivity contribution is 5.93. The van der Waals surface area contributed by atoms with E-state index >= 15 is 0 Å². The van der Waals surface area contributed by atoms with Gasteiger partial charge in [0.05, 0.1) is 12.1 Å². The number of rotatable bonds is 4. The number of esters is 1. The molecule has 0 radical (unpaired) electrons. The van der Waals surface area contributed by atoms with E-state index in [1.807, 2.05) is 24.5 Å². The summed E-state index contributed by atoms with van der Waals surface area (Å²) in [6.07, 6.45) is 0.294. The fraction of sp³-hybridized carbons (Fsp3) is 0.400. The number of hydrogen-bond donors (Lipinski definition) is 2. The highest BCUT2D eigenvalue weighted by Crippen LogP contribution is 2.35. The van der Waals surface area contributed by atoms with Crippen LogP contribution in [-0.4, -0.2) is 27.4 Å². The number of benzene rings is 1. The molecule has 1 atom stereocenters. The van der Waals surface area contributed by atoms with Crippen LogP contribution in [0.4, 0.5) is 0 Å². The van der Waals surface area contributed by atoms with Crippen LogP contribution in [-0.2, 0) is 9.53 Å². The Hall–Kier alpha value is -2.01. The van der Waals surface area contributed by atoms with Crippen LogP contribution in [0.1, 0.15) is 38.5 Å². The van der Waals surface area contributed by atoms with Crippen LogP contribution >= 0.6 is 0 Å². The number of ether oxygens (including phenoxy) is 1. The highest BCUT2D eigenvalue weighted by atomic mass is 16.5. The number of aromatic hydroxyl groups is 1. The van der Waals surface area contributed by atoms with Gasteiger partial charge in [0.25, 0.3) is 0 Å². The van der Waals surface area contributed by atoms with Crippen LogP contribution in [0.2, 0.25) is 0 Å². The quantitative estimate of drug-likeness (QED) is 0.842. The van der Waals surface area contributed by atoms with E-state index < -0.39 is 12.1 Å². The smallest absolute Gasteiger partial charge is 0.339 e. The summed E-state index contributed by atoms with van der Waals surface area (Å²) in [7, 11) is 0. The normalized spacial score (nSPS) is 12.8. The van der Waals surface area contributed by atoms with Gasteiger partial charge in [0.15, 0.2) is 6.10 Å². The molecule has 2 aromatic rings. The molecule has 0 saturated heterocycles. The van der Waals surface area contributed by atoms with Gasteiger partial charge in [-0.3, -0.25) is 0 Å². The van der Waals surface area contributed by atoms with Gasteiger partial charge in [-0.15, -0.1) is 0 Å². The van der Waals surface area contributed by atoms with Crippen molar-refractivity contribution in [1.29, 1.82) is 0 Å². The molecule has 0 saturated carbocycles. The zero-order valence-corrected chi connectivity index (χ0v) is 11.8. The number of aliphatic hydroxyl groups is 1. The van der Waals surface area contributed by atoms with Gasteiger partial charge in [0, 0.05) is 23.2 Å². The molecule has 0 spiro atoms. The first-order valence-corrected chi connectivity index (χ1v) is 6.64. The van der Waals surface area contributed by atoms with Crippen LogP contribution in [0.5, 0.6) is 5.75 Å². The molecular formula is C15H19NO4. The fourth-order valence-corrected chi connectivity index (χ4v) is 2.31. The zero-order valence-electron chi connectivity index (χ0n) is 11.8. The van der Waals surface area contributed by atoms with Gasteiger partial charge in [0.2, 0.25) is 0 Å². The number of carbonyl (C=O) groups excluding carboxylic acids is 1. The first-order chi connectivity index (χ1) is 9.47. The van der Waals surface area contributed by atoms with E-state index in [2.05, 4.69) is 0 Å². The Morgan fingerprint density at radius 2 is 2.10 bits per heavy atom. The zero-order chi connectivity index (χ0) is 14.9. The molecule has 0 aliphatic carbocycles. The Morgan fingerprint density at radius 3 is 2.70 bits per heavy atom. The average molecular weight is 277 g/mol. The maximum absolute atomic E-state index is 11.7. The summed E-state index contributed by atoms with van der Waals surface area (Å²) < 4.78 is 6.75. The molecule has 1 heterocycles. The summed E-state index contributed by atoms with van der Waals surface area (Å²) in [6, 6.07) is 5.25. The minimum Gasteiger partial charge on any atom is -0.507 e. The van der Waals surface area contributed by atoms with Crippen LogP contribution in [0.25, 0.3) is 10.9 Å². The minimum atomic E-state index is -1.40. The predicted octanol–water partition coefficient (Wildman–Crippen LogP) is 2.52. The number of fused-ring (bicyclic) bond motifs is 1. The lowest BCUT2D eigenvalue weighted by Crippen LogP contribution is -2.15. The van der Waals surface area contributed by atoms with E-state index in [4.69, 9.17) is 4.74 Å². The number of carbonyl (C=O) groups is 1. The van der Waals surface area contributed by atoms with Gasteiger partial charge >= 0.3 is 5.97 Å². The van der Waals surface area contributed by atoms with E-state index in [9.17, 15) is 15.0 Å². The van der Waals surface area contributed by atoms with E-state index in [-0.39, 0.29) is 18.4 Å². The minimum absolute atomic E-state index is 0.0419. The van der Waals surface area contributed by atoms with E-state index in [0.717, 1.165) is 5.52 Å². The molecule has 0 amide bonds. The standard InChI is InChI=1S/C15H19NO4/c1-4-20-15(19)14(18)10-8-16(9(2)3)11-6-5-7-12(17)13(10)11/h5-9,14,17-18H,4H2,1-3H3. The summed E-state index contributed by atoms with van der Waals surface area (Å²) in [4.78, 5) is 11.7. The Morgan fingerprint density at radius 1 is 1.40 bits per heavy atom. The number of aromatic nitrogens is 1. The molecule has 0 fully saturated rings. The molecule has 2 rings (SSSR count). The lowest BCUT2D eigenvalue weighted by atomic mass is 10.1. The molecule has 0 aliphatic rings. The molecule has 108 valence electrons. The van der Waals surface area contributed by atoms with Gasteiger partial charge in [0.1, 0.15) is 5.75 Å². The monoisotopic (exact) mass is 277 g/mol. The van der Waals surface area contributed by atoms with Crippen LogP contribution < -0.4 is 0 Å². The summed E-state index contributed by atoms with van der Waals surface area (Å²) in [5.41, 5.74) is 1.14. The van der Waals surface area contributed by atoms with Gasteiger partial charge in [-0.05, 0) is 32.9 Å². The van der Waals surface area contributed by atoms with Crippen molar-refractivity contribution in [3.05, 3.63) is 30.0 Å². The third-order valence-corrected chi connectivity index (χ3v) is 3.23. The summed E-state index contributed by atoms with van der Waals surface area (Å²) in [5, 5.41) is 20.7. The SMILES string of the molecule is CCOC(=O)C(O)c1cn(C(C)C)c2cccc(O)c12. The lowest BCUT2D eigenvalue weighted by molar-refractivity contribution is -0.153. The van der Waals surface area contributed by atoms with Crippen LogP contribution in [0.15, 0.2) is 24.4 Å². The van der Waals surface area contributed by atoms with Crippen molar-refractivity contribution in [2.45, 2.75) is 32.9 Å². The molecule has 2 N–H and O–H groups in total. The molecule has 5 heteroatoms. The lowest BCUT2D eigenvalue weighted by Gasteiger charge is -2.09. The number of nitrogens with zero attached hydrogens (tertiary/aromatic N) is 1. The fourth-order valence-electron chi connectivity index (χ4n) is 2.31. The predicted molar refractivity (Wildman–Crippen MR) is 75.6 cm³/mol. The maximum atomic E-state index is 11.7. The highest BCUT2D eigenvalue weighted by Gasteiger charge is 2.25. The topological polar surface area (TPSA) is 71.7 Å². The van der Waals surface area contributed by atoms with Crippen molar-refractivity contribution in [2.24, 2.45) is 0 Å². The Balaban J connectivity index is 2.61. The average Bonchev–Trinajstić information content (AvgIpc) is 2.79. The van der Waals surface area contributed by atoms with E-state index in [1.54, 1.807) is 19.2 Å². The number of hydrogen-bond acceptors (Lipinski definition) is 4. The molecule has 0 bridgehead atoms. The summed E-state index contributed by atoms with van der Waals surface area (Å²) in [5.74, 6) is -0.668. The Kier molecular flexibility index (Phi) is 3.99. The molecule has 20 heavy (non-hydrogen) atoms. The van der Waals surface area contributed by atoms with Crippen molar-refractivity contribution in [1.82, 2.24) is 4.57 Å². The van der Waals surface area contributed by atoms with Crippen molar-refractivity contribution >= 4 is 16.9 Å². The second kappa shape index (κ2) is 5.54. The molecule has 1 aromatic carbocycles. The Labute approximate surface area is 117 Å². The van der Waals surface area contributed by atoms with Crippen molar-refractivity contribution in [3.8, 4) is 5.75 Å². The summed E-state index contributed by atoms with van der Waals surface area (Å²) >= 11 is 0. The molecular weight excluding hydrogens is 258 g/mol. The third kappa shape index (κ3) is 2.36. The van der Waals surface area contributed by atoms with Crippen molar-refractivity contribution in [3.63, 3.8) is 0 Å². The molecule has 5 nitrogen and oxygen atoms in total.